The quantitative estimate of drug-likeness (QED) is 0.242. The van der Waals surface area contributed by atoms with Crippen LogP contribution in [-0.4, -0.2) is 50.4 Å². The molecule has 0 radical (unpaired) electrons. The van der Waals surface area contributed by atoms with E-state index in [9.17, 15) is 9.59 Å². The molecule has 2 aliphatic rings. The van der Waals surface area contributed by atoms with Gasteiger partial charge in [-0.1, -0.05) is 23.8 Å². The van der Waals surface area contributed by atoms with Gasteiger partial charge in [0.25, 0.3) is 0 Å². The number of nitrogens with zero attached hydrogens (tertiary/aromatic N) is 2. The molecule has 8 nitrogen and oxygen atoms in total. The van der Waals surface area contributed by atoms with Crippen molar-refractivity contribution < 1.29 is 23.8 Å². The molecule has 1 heterocycles. The van der Waals surface area contributed by atoms with Crippen LogP contribution in [0.25, 0.3) is 0 Å². The Morgan fingerprint density at radius 3 is 2.38 bits per heavy atom. The van der Waals surface area contributed by atoms with Gasteiger partial charge in [0, 0.05) is 36.0 Å². The number of ether oxygens (including phenoxy) is 3. The first-order valence-corrected chi connectivity index (χ1v) is 17.1. The maximum atomic E-state index is 13.8. The number of carbonyl (C=O) groups excluding carboxylic acids is 2. The third-order valence-electron chi connectivity index (χ3n) is 8.65. The minimum absolute atomic E-state index is 0.0245. The van der Waals surface area contributed by atoms with Gasteiger partial charge in [-0.2, -0.15) is 0 Å². The van der Waals surface area contributed by atoms with E-state index < -0.39 is 5.60 Å². The van der Waals surface area contributed by atoms with Crippen molar-refractivity contribution in [2.24, 2.45) is 5.92 Å². The molecule has 1 unspecified atom stereocenters. The van der Waals surface area contributed by atoms with Crippen LogP contribution in [0.3, 0.4) is 0 Å². The number of fused-ring (bicyclic) bond motifs is 1. The molecule has 0 spiro atoms. The first-order valence-electron chi connectivity index (χ1n) is 16.8. The molecule has 1 N–H and O–H groups in total. The number of hydrogen-bond donors (Lipinski definition) is 1. The van der Waals surface area contributed by atoms with Crippen molar-refractivity contribution in [2.75, 3.05) is 30.5 Å². The number of anilines is 2. The predicted molar refractivity (Wildman–Crippen MR) is 191 cm³/mol. The first-order chi connectivity index (χ1) is 22.3. The third-order valence-corrected chi connectivity index (χ3v) is 8.99. The van der Waals surface area contributed by atoms with Crippen LogP contribution in [0.1, 0.15) is 90.8 Å². The van der Waals surface area contributed by atoms with E-state index in [-0.39, 0.29) is 36.6 Å². The number of hydrogen-bond acceptors (Lipinski definition) is 6. The van der Waals surface area contributed by atoms with Gasteiger partial charge in [-0.3, -0.25) is 4.79 Å². The van der Waals surface area contributed by atoms with Gasteiger partial charge in [0.1, 0.15) is 5.60 Å². The number of methoxy groups -OCH3 is 1. The summed E-state index contributed by atoms with van der Waals surface area (Å²) >= 11 is 6.28. The number of allylic oxidation sites excluding steroid dienone is 3. The lowest BCUT2D eigenvalue weighted by Crippen LogP contribution is -2.42. The molecule has 0 saturated heterocycles. The molecule has 1 aliphatic carbocycles. The van der Waals surface area contributed by atoms with E-state index in [2.05, 4.69) is 29.4 Å². The van der Waals surface area contributed by atoms with E-state index in [0.717, 1.165) is 54.7 Å². The Morgan fingerprint density at radius 2 is 1.79 bits per heavy atom. The molecule has 4 rings (SSSR count). The molecule has 1 saturated carbocycles. The van der Waals surface area contributed by atoms with Gasteiger partial charge in [-0.05, 0) is 133 Å². The van der Waals surface area contributed by atoms with Crippen LogP contribution >= 0.6 is 11.6 Å². The van der Waals surface area contributed by atoms with E-state index in [0.29, 0.717) is 28.9 Å². The standard InChI is InChI=1S/C38H52ClN3O5/c1-9-28(39)11-10-12-33-32-23-35(46-25(2)3)34(45-8)21-27(32)22-36(43)42(33)31-19-17-30(18-20-31)41(7)24-26-13-15-29(16-14-26)40-37(44)47-38(4,5)6/h9-11,17-21,23,25-26,29,33H,12-16,22,24H2,1-8H3,(H,40,44). The Balaban J connectivity index is 1.49. The van der Waals surface area contributed by atoms with Crippen molar-refractivity contribution in [3.63, 3.8) is 0 Å². The molecule has 2 aromatic rings. The lowest BCUT2D eigenvalue weighted by atomic mass is 9.85. The number of benzene rings is 2. The molecule has 47 heavy (non-hydrogen) atoms. The highest BCUT2D eigenvalue weighted by atomic mass is 35.5. The smallest absolute Gasteiger partial charge is 0.407 e. The molecule has 1 atom stereocenters. The highest BCUT2D eigenvalue weighted by Crippen LogP contribution is 2.42. The Hall–Kier alpha value is -3.65. The van der Waals surface area contributed by atoms with E-state index in [1.165, 1.54) is 0 Å². The summed E-state index contributed by atoms with van der Waals surface area (Å²) in [7, 11) is 3.74. The molecule has 9 heteroatoms. The SMILES string of the molecule is CC=C(Cl)C=CCC1c2cc(OC(C)C)c(OC)cc2CC(=O)N1c1ccc(N(C)CC2CCC(NC(=O)OC(C)(C)C)CC2)cc1. The van der Waals surface area contributed by atoms with Crippen LogP contribution in [0.15, 0.2) is 59.7 Å². The molecular formula is C38H52ClN3O5. The van der Waals surface area contributed by atoms with Crippen LogP contribution in [0, 0.1) is 5.92 Å². The van der Waals surface area contributed by atoms with Gasteiger partial charge in [-0.15, -0.1) is 0 Å². The molecule has 256 valence electrons. The summed E-state index contributed by atoms with van der Waals surface area (Å²) < 4.78 is 17.2. The molecule has 1 fully saturated rings. The van der Waals surface area contributed by atoms with Crippen LogP contribution in [0.5, 0.6) is 11.5 Å². The molecule has 2 amide bonds. The average molecular weight is 666 g/mol. The number of alkyl carbamates (subject to hydrolysis) is 1. The highest BCUT2D eigenvalue weighted by Gasteiger charge is 2.34. The fourth-order valence-electron chi connectivity index (χ4n) is 6.43. The number of rotatable bonds is 11. The van der Waals surface area contributed by atoms with Gasteiger partial charge in [0.05, 0.1) is 25.7 Å². The second-order valence-electron chi connectivity index (χ2n) is 13.9. The van der Waals surface area contributed by atoms with E-state index >= 15 is 0 Å². The van der Waals surface area contributed by atoms with Crippen LogP contribution in [-0.2, 0) is 16.0 Å². The number of halogens is 1. The normalized spacial score (nSPS) is 20.3. The largest absolute Gasteiger partial charge is 0.493 e. The Labute approximate surface area is 286 Å². The summed E-state index contributed by atoms with van der Waals surface area (Å²) in [6.07, 6.45) is 10.2. The van der Waals surface area contributed by atoms with Crippen molar-refractivity contribution in [3.05, 3.63) is 70.8 Å². The lowest BCUT2D eigenvalue weighted by molar-refractivity contribution is -0.118. The second-order valence-corrected chi connectivity index (χ2v) is 14.3. The monoisotopic (exact) mass is 665 g/mol. The number of amides is 2. The van der Waals surface area contributed by atoms with Crippen LogP contribution in [0.4, 0.5) is 16.2 Å². The summed E-state index contributed by atoms with van der Waals surface area (Å²) in [5.41, 5.74) is 3.44. The molecular weight excluding hydrogens is 614 g/mol. The van der Waals surface area contributed by atoms with E-state index in [1.54, 1.807) is 7.11 Å². The molecule has 2 aromatic carbocycles. The zero-order valence-corrected chi connectivity index (χ0v) is 30.0. The number of carbonyl (C=O) groups is 2. The summed E-state index contributed by atoms with van der Waals surface area (Å²) in [5.74, 6) is 1.87. The Morgan fingerprint density at radius 1 is 1.11 bits per heavy atom. The van der Waals surface area contributed by atoms with Crippen molar-refractivity contribution in [3.8, 4) is 11.5 Å². The second kappa shape index (κ2) is 16.0. The summed E-state index contributed by atoms with van der Waals surface area (Å²) in [4.78, 5) is 30.2. The molecule has 1 aliphatic heterocycles. The Kier molecular flexibility index (Phi) is 12.3. The van der Waals surface area contributed by atoms with Crippen molar-refractivity contribution in [1.82, 2.24) is 5.32 Å². The Bertz CT molecular complexity index is 1440. The zero-order chi connectivity index (χ0) is 34.3. The summed E-state index contributed by atoms with van der Waals surface area (Å²) in [6, 6.07) is 12.2. The fourth-order valence-corrected chi connectivity index (χ4v) is 6.52. The maximum absolute atomic E-state index is 13.8. The van der Waals surface area contributed by atoms with Crippen molar-refractivity contribution >= 4 is 35.0 Å². The maximum Gasteiger partial charge on any atom is 0.407 e. The topological polar surface area (TPSA) is 80.3 Å². The minimum atomic E-state index is -0.496. The van der Waals surface area contributed by atoms with Gasteiger partial charge in [0.15, 0.2) is 11.5 Å². The van der Waals surface area contributed by atoms with Crippen LogP contribution < -0.4 is 24.6 Å². The van der Waals surface area contributed by atoms with Gasteiger partial charge >= 0.3 is 6.09 Å². The third kappa shape index (κ3) is 9.92. The van der Waals surface area contributed by atoms with Crippen molar-refractivity contribution in [1.29, 1.82) is 0 Å². The van der Waals surface area contributed by atoms with E-state index in [1.807, 2.05) is 88.9 Å². The zero-order valence-electron chi connectivity index (χ0n) is 29.3. The van der Waals surface area contributed by atoms with Gasteiger partial charge in [-0.25, -0.2) is 4.79 Å². The minimum Gasteiger partial charge on any atom is -0.493 e. The first kappa shape index (κ1) is 36.2. The summed E-state index contributed by atoms with van der Waals surface area (Å²) in [5, 5.41) is 3.69. The van der Waals surface area contributed by atoms with Crippen LogP contribution in [0.2, 0.25) is 0 Å². The molecule has 0 aromatic heterocycles. The lowest BCUT2D eigenvalue weighted by Gasteiger charge is -2.38. The number of nitrogens with one attached hydrogen (secondary N) is 1. The highest BCUT2D eigenvalue weighted by molar-refractivity contribution is 6.31. The van der Waals surface area contributed by atoms with Gasteiger partial charge in [0.2, 0.25) is 5.91 Å². The van der Waals surface area contributed by atoms with Crippen molar-refractivity contribution in [2.45, 2.75) is 104 Å². The van der Waals surface area contributed by atoms with E-state index in [4.69, 9.17) is 25.8 Å². The summed E-state index contributed by atoms with van der Waals surface area (Å²) in [6.45, 7) is 12.4. The molecule has 0 bridgehead atoms. The predicted octanol–water partition coefficient (Wildman–Crippen LogP) is 8.72. The fraction of sp³-hybridized carbons (Fsp3) is 0.526. The average Bonchev–Trinajstić information content (AvgIpc) is 3.00. The van der Waals surface area contributed by atoms with Gasteiger partial charge < -0.3 is 29.3 Å².